The fraction of sp³-hybridized carbons (Fsp3) is 0.462. The molecular formula is C13H16N4O2. The van der Waals surface area contributed by atoms with Crippen LogP contribution in [0.5, 0.6) is 0 Å². The molecule has 0 N–H and O–H groups in total. The highest BCUT2D eigenvalue weighted by atomic mass is 16.6. The second-order valence-corrected chi connectivity index (χ2v) is 4.60. The standard InChI is InChI=1S/C13H16N4O2/c1-11(10-14)15-6-8-16(9-7-15)12-2-4-13(5-3-12)17(18)19/h2-5,11H,6-9H2,1H3/t11-/m1/s1. The quantitative estimate of drug-likeness (QED) is 0.610. The van der Waals surface area contributed by atoms with Crippen molar-refractivity contribution < 1.29 is 4.92 Å². The van der Waals surface area contributed by atoms with Crippen LogP contribution in [0.3, 0.4) is 0 Å². The molecule has 1 aliphatic rings. The zero-order valence-electron chi connectivity index (χ0n) is 10.8. The van der Waals surface area contributed by atoms with Gasteiger partial charge in [0.1, 0.15) is 0 Å². The van der Waals surface area contributed by atoms with Crippen molar-refractivity contribution in [2.75, 3.05) is 31.1 Å². The summed E-state index contributed by atoms with van der Waals surface area (Å²) in [6.07, 6.45) is 0. The lowest BCUT2D eigenvalue weighted by Gasteiger charge is -2.37. The summed E-state index contributed by atoms with van der Waals surface area (Å²) >= 11 is 0. The van der Waals surface area contributed by atoms with Crippen molar-refractivity contribution in [1.82, 2.24) is 4.90 Å². The van der Waals surface area contributed by atoms with Gasteiger partial charge in [-0.1, -0.05) is 0 Å². The number of nitro groups is 1. The topological polar surface area (TPSA) is 73.4 Å². The lowest BCUT2D eigenvalue weighted by molar-refractivity contribution is -0.384. The van der Waals surface area contributed by atoms with Crippen molar-refractivity contribution in [3.63, 3.8) is 0 Å². The first-order chi connectivity index (χ1) is 9.11. The molecule has 0 unspecified atom stereocenters. The van der Waals surface area contributed by atoms with E-state index >= 15 is 0 Å². The maximum Gasteiger partial charge on any atom is 0.269 e. The number of nitrogens with zero attached hydrogens (tertiary/aromatic N) is 4. The number of nitriles is 1. The highest BCUT2D eigenvalue weighted by Gasteiger charge is 2.21. The van der Waals surface area contributed by atoms with E-state index in [0.29, 0.717) is 0 Å². The number of nitro benzene ring substituents is 1. The van der Waals surface area contributed by atoms with Crippen LogP contribution in [0.15, 0.2) is 24.3 Å². The van der Waals surface area contributed by atoms with Crippen LogP contribution in [-0.4, -0.2) is 42.0 Å². The third-order valence-electron chi connectivity index (χ3n) is 3.47. The number of rotatable bonds is 3. The smallest absolute Gasteiger partial charge is 0.269 e. The van der Waals surface area contributed by atoms with Gasteiger partial charge in [-0.05, 0) is 19.1 Å². The average molecular weight is 260 g/mol. The highest BCUT2D eigenvalue weighted by molar-refractivity contribution is 5.51. The molecule has 1 aromatic rings. The Morgan fingerprint density at radius 1 is 1.26 bits per heavy atom. The van der Waals surface area contributed by atoms with Crippen LogP contribution in [0.25, 0.3) is 0 Å². The van der Waals surface area contributed by atoms with Crippen molar-refractivity contribution in [2.45, 2.75) is 13.0 Å². The molecule has 6 heteroatoms. The van der Waals surface area contributed by atoms with Gasteiger partial charge in [0.15, 0.2) is 0 Å². The summed E-state index contributed by atoms with van der Waals surface area (Å²) in [5, 5.41) is 19.5. The molecule has 1 aromatic carbocycles. The molecule has 0 radical (unpaired) electrons. The monoisotopic (exact) mass is 260 g/mol. The van der Waals surface area contributed by atoms with Gasteiger partial charge in [-0.15, -0.1) is 0 Å². The minimum Gasteiger partial charge on any atom is -0.369 e. The van der Waals surface area contributed by atoms with Crippen LogP contribution in [0.2, 0.25) is 0 Å². The molecule has 1 heterocycles. The Morgan fingerprint density at radius 3 is 2.32 bits per heavy atom. The van der Waals surface area contributed by atoms with E-state index < -0.39 is 4.92 Å². The van der Waals surface area contributed by atoms with Gasteiger partial charge in [0.25, 0.3) is 5.69 Å². The van der Waals surface area contributed by atoms with Gasteiger partial charge in [0.05, 0.1) is 17.0 Å². The van der Waals surface area contributed by atoms with Crippen molar-refractivity contribution in [3.8, 4) is 6.07 Å². The molecule has 100 valence electrons. The second kappa shape index (κ2) is 5.67. The predicted molar refractivity (Wildman–Crippen MR) is 72.0 cm³/mol. The molecule has 0 saturated carbocycles. The molecule has 19 heavy (non-hydrogen) atoms. The third kappa shape index (κ3) is 3.01. The summed E-state index contributed by atoms with van der Waals surface area (Å²) < 4.78 is 0. The van der Waals surface area contributed by atoms with Crippen LogP contribution >= 0.6 is 0 Å². The molecule has 2 rings (SSSR count). The normalized spacial score (nSPS) is 17.8. The molecule has 1 atom stereocenters. The maximum atomic E-state index is 10.6. The molecule has 0 aliphatic carbocycles. The van der Waals surface area contributed by atoms with Crippen molar-refractivity contribution in [2.24, 2.45) is 0 Å². The van der Waals surface area contributed by atoms with E-state index in [1.807, 2.05) is 6.92 Å². The van der Waals surface area contributed by atoms with E-state index in [1.165, 1.54) is 12.1 Å². The first-order valence-electron chi connectivity index (χ1n) is 6.25. The van der Waals surface area contributed by atoms with Crippen LogP contribution < -0.4 is 4.90 Å². The first-order valence-corrected chi connectivity index (χ1v) is 6.25. The van der Waals surface area contributed by atoms with Crippen LogP contribution in [0, 0.1) is 21.4 Å². The fourth-order valence-corrected chi connectivity index (χ4v) is 2.23. The minimum absolute atomic E-state index is 0.0565. The van der Waals surface area contributed by atoms with Crippen LogP contribution in [0.4, 0.5) is 11.4 Å². The number of non-ortho nitro benzene ring substituents is 1. The Kier molecular flexibility index (Phi) is 3.97. The Labute approximate surface area is 112 Å². The average Bonchev–Trinajstić information content (AvgIpc) is 2.46. The molecular weight excluding hydrogens is 244 g/mol. The van der Waals surface area contributed by atoms with Gasteiger partial charge < -0.3 is 4.90 Å². The first kappa shape index (κ1) is 13.3. The predicted octanol–water partition coefficient (Wildman–Crippen LogP) is 1.63. The van der Waals surface area contributed by atoms with Gasteiger partial charge in [-0.3, -0.25) is 15.0 Å². The molecule has 0 amide bonds. The summed E-state index contributed by atoms with van der Waals surface area (Å²) in [5.74, 6) is 0. The molecule has 0 bridgehead atoms. The van der Waals surface area contributed by atoms with Crippen molar-refractivity contribution in [3.05, 3.63) is 34.4 Å². The van der Waals surface area contributed by atoms with E-state index in [2.05, 4.69) is 15.9 Å². The van der Waals surface area contributed by atoms with Crippen molar-refractivity contribution >= 4 is 11.4 Å². The highest BCUT2D eigenvalue weighted by Crippen LogP contribution is 2.20. The molecule has 6 nitrogen and oxygen atoms in total. The SMILES string of the molecule is C[C@H](C#N)N1CCN(c2ccc([N+](=O)[O-])cc2)CC1. The largest absolute Gasteiger partial charge is 0.369 e. The second-order valence-electron chi connectivity index (χ2n) is 4.60. The van der Waals surface area contributed by atoms with E-state index in [0.717, 1.165) is 31.9 Å². The zero-order valence-corrected chi connectivity index (χ0v) is 10.8. The molecule has 1 aliphatic heterocycles. The van der Waals surface area contributed by atoms with Gasteiger partial charge in [0.2, 0.25) is 0 Å². The van der Waals surface area contributed by atoms with Crippen LogP contribution in [0.1, 0.15) is 6.92 Å². The zero-order chi connectivity index (χ0) is 13.8. The Balaban J connectivity index is 1.98. The summed E-state index contributed by atoms with van der Waals surface area (Å²) in [6.45, 7) is 5.26. The van der Waals surface area contributed by atoms with Gasteiger partial charge in [0, 0.05) is 44.0 Å². The van der Waals surface area contributed by atoms with Gasteiger partial charge in [-0.25, -0.2) is 0 Å². The van der Waals surface area contributed by atoms with Gasteiger partial charge >= 0.3 is 0 Å². The molecule has 0 aromatic heterocycles. The summed E-state index contributed by atoms with van der Waals surface area (Å²) in [6, 6.07) is 8.80. The van der Waals surface area contributed by atoms with E-state index in [-0.39, 0.29) is 11.7 Å². The van der Waals surface area contributed by atoms with E-state index in [4.69, 9.17) is 5.26 Å². The van der Waals surface area contributed by atoms with Gasteiger partial charge in [-0.2, -0.15) is 5.26 Å². The summed E-state index contributed by atoms with van der Waals surface area (Å²) in [5.41, 5.74) is 1.11. The van der Waals surface area contributed by atoms with Crippen LogP contribution in [-0.2, 0) is 0 Å². The molecule has 1 saturated heterocycles. The van der Waals surface area contributed by atoms with E-state index in [9.17, 15) is 10.1 Å². The molecule has 0 spiro atoms. The number of piperazine rings is 1. The Bertz CT molecular complexity index is 486. The summed E-state index contributed by atoms with van der Waals surface area (Å²) in [4.78, 5) is 14.5. The summed E-state index contributed by atoms with van der Waals surface area (Å²) in [7, 11) is 0. The number of hydrogen-bond acceptors (Lipinski definition) is 5. The third-order valence-corrected chi connectivity index (χ3v) is 3.47. The van der Waals surface area contributed by atoms with E-state index in [1.54, 1.807) is 12.1 Å². The minimum atomic E-state index is -0.393. The molecule has 1 fully saturated rings. The maximum absolute atomic E-state index is 10.6. The lowest BCUT2D eigenvalue weighted by atomic mass is 10.2. The van der Waals surface area contributed by atoms with Crippen molar-refractivity contribution in [1.29, 1.82) is 5.26 Å². The number of benzene rings is 1. The Hall–Kier alpha value is -2.13. The lowest BCUT2D eigenvalue weighted by Crippen LogP contribution is -2.49. The number of anilines is 1. The Morgan fingerprint density at radius 2 is 1.84 bits per heavy atom. The number of hydrogen-bond donors (Lipinski definition) is 0. The fourth-order valence-electron chi connectivity index (χ4n) is 2.23.